The van der Waals surface area contributed by atoms with E-state index >= 15 is 0 Å². The van der Waals surface area contributed by atoms with E-state index in [1.54, 1.807) is 29.1 Å². The fourth-order valence-corrected chi connectivity index (χ4v) is 2.41. The van der Waals surface area contributed by atoms with Crippen LogP contribution < -0.4 is 5.32 Å². The average Bonchev–Trinajstić information content (AvgIpc) is 2.60. The Balaban J connectivity index is 1.93. The number of rotatable bonds is 5. The average molecular weight is 320 g/mol. The van der Waals surface area contributed by atoms with Gasteiger partial charge in [-0.25, -0.2) is 4.79 Å². The highest BCUT2D eigenvalue weighted by atomic mass is 16.6. The summed E-state index contributed by atoms with van der Waals surface area (Å²) >= 11 is 0. The first-order valence-electron chi connectivity index (χ1n) is 8.05. The molecule has 2 heterocycles. The Kier molecular flexibility index (Phi) is 6.19. The Morgan fingerprint density at radius 1 is 1.17 bits per heavy atom. The summed E-state index contributed by atoms with van der Waals surface area (Å²) in [5.41, 5.74) is 1.42. The molecule has 126 valence electrons. The number of aromatic nitrogens is 1. The summed E-state index contributed by atoms with van der Waals surface area (Å²) in [6.07, 6.45) is 3.99. The van der Waals surface area contributed by atoms with Crippen LogP contribution in [0.3, 0.4) is 0 Å². The first-order chi connectivity index (χ1) is 11.2. The van der Waals surface area contributed by atoms with Crippen molar-refractivity contribution < 1.29 is 14.3 Å². The number of nitrogens with zero attached hydrogens (tertiary/aromatic N) is 3. The lowest BCUT2D eigenvalue weighted by atomic mass is 10.2. The first kappa shape index (κ1) is 17.1. The molecule has 1 aliphatic heterocycles. The molecule has 2 rings (SSSR count). The van der Waals surface area contributed by atoms with E-state index in [9.17, 15) is 9.59 Å². The molecule has 1 fully saturated rings. The van der Waals surface area contributed by atoms with Gasteiger partial charge in [-0.2, -0.15) is 0 Å². The van der Waals surface area contributed by atoms with Crippen LogP contribution in [-0.2, 0) is 4.74 Å². The van der Waals surface area contributed by atoms with Crippen LogP contribution in [0.25, 0.3) is 0 Å². The number of piperazine rings is 1. The third kappa shape index (κ3) is 4.58. The summed E-state index contributed by atoms with van der Waals surface area (Å²) in [5, 5.41) is 3.23. The van der Waals surface area contributed by atoms with Crippen molar-refractivity contribution in [1.82, 2.24) is 14.8 Å². The first-order valence-corrected chi connectivity index (χ1v) is 8.05. The van der Waals surface area contributed by atoms with Gasteiger partial charge in [-0.3, -0.25) is 9.78 Å². The molecule has 2 amide bonds. The SMILES string of the molecule is CCCNc1cncc(C(=O)N2CCN(C(=O)OCC)CC2)c1. The maximum atomic E-state index is 12.6. The molecular formula is C16H24N4O3. The Labute approximate surface area is 136 Å². The van der Waals surface area contributed by atoms with E-state index in [2.05, 4.69) is 17.2 Å². The molecule has 0 bridgehead atoms. The smallest absolute Gasteiger partial charge is 0.409 e. The summed E-state index contributed by atoms with van der Waals surface area (Å²) in [4.78, 5) is 31.7. The summed E-state index contributed by atoms with van der Waals surface area (Å²) in [6.45, 7) is 7.06. The molecule has 0 atom stereocenters. The minimum atomic E-state index is -0.313. The summed E-state index contributed by atoms with van der Waals surface area (Å²) in [6, 6.07) is 1.82. The third-order valence-corrected chi connectivity index (χ3v) is 3.66. The second-order valence-electron chi connectivity index (χ2n) is 5.37. The summed E-state index contributed by atoms with van der Waals surface area (Å²) in [7, 11) is 0. The van der Waals surface area contributed by atoms with Crippen LogP contribution in [0.15, 0.2) is 18.5 Å². The second kappa shape index (κ2) is 8.36. The molecule has 0 radical (unpaired) electrons. The van der Waals surface area contributed by atoms with Crippen LogP contribution in [0.1, 0.15) is 30.6 Å². The van der Waals surface area contributed by atoms with E-state index in [0.29, 0.717) is 38.3 Å². The number of carbonyl (C=O) groups excluding carboxylic acids is 2. The monoisotopic (exact) mass is 320 g/mol. The Morgan fingerprint density at radius 2 is 1.87 bits per heavy atom. The van der Waals surface area contributed by atoms with E-state index in [0.717, 1.165) is 18.7 Å². The fraction of sp³-hybridized carbons (Fsp3) is 0.562. The number of nitrogens with one attached hydrogen (secondary N) is 1. The number of carbonyl (C=O) groups is 2. The van der Waals surface area contributed by atoms with Crippen LogP contribution in [0, 0.1) is 0 Å². The van der Waals surface area contributed by atoms with Crippen LogP contribution >= 0.6 is 0 Å². The fourth-order valence-electron chi connectivity index (χ4n) is 2.41. The van der Waals surface area contributed by atoms with Gasteiger partial charge in [-0.05, 0) is 19.4 Å². The van der Waals surface area contributed by atoms with Gasteiger partial charge in [0.1, 0.15) is 0 Å². The zero-order chi connectivity index (χ0) is 16.7. The highest BCUT2D eigenvalue weighted by Crippen LogP contribution is 2.13. The highest BCUT2D eigenvalue weighted by Gasteiger charge is 2.25. The minimum absolute atomic E-state index is 0.0545. The molecule has 1 N–H and O–H groups in total. The molecule has 23 heavy (non-hydrogen) atoms. The van der Waals surface area contributed by atoms with E-state index < -0.39 is 0 Å². The van der Waals surface area contributed by atoms with Gasteiger partial charge in [-0.15, -0.1) is 0 Å². The normalized spacial score (nSPS) is 14.5. The maximum absolute atomic E-state index is 12.6. The lowest BCUT2D eigenvalue weighted by molar-refractivity contribution is 0.0570. The molecule has 1 aliphatic rings. The second-order valence-corrected chi connectivity index (χ2v) is 5.37. The minimum Gasteiger partial charge on any atom is -0.450 e. The van der Waals surface area contributed by atoms with Crippen molar-refractivity contribution in [3.05, 3.63) is 24.0 Å². The molecule has 0 saturated carbocycles. The Morgan fingerprint density at radius 3 is 2.52 bits per heavy atom. The van der Waals surface area contributed by atoms with Crippen LogP contribution in [0.2, 0.25) is 0 Å². The number of amides is 2. The molecular weight excluding hydrogens is 296 g/mol. The molecule has 1 saturated heterocycles. The van der Waals surface area contributed by atoms with Gasteiger partial charge in [0.15, 0.2) is 0 Å². The van der Waals surface area contributed by atoms with Crippen molar-refractivity contribution in [2.45, 2.75) is 20.3 Å². The van der Waals surface area contributed by atoms with Crippen LogP contribution in [0.5, 0.6) is 0 Å². The molecule has 0 aromatic carbocycles. The van der Waals surface area contributed by atoms with E-state index in [-0.39, 0.29) is 12.0 Å². The van der Waals surface area contributed by atoms with E-state index in [1.807, 2.05) is 6.07 Å². The predicted molar refractivity (Wildman–Crippen MR) is 87.5 cm³/mol. The van der Waals surface area contributed by atoms with Gasteiger partial charge in [0.2, 0.25) is 0 Å². The number of ether oxygens (including phenoxy) is 1. The number of anilines is 1. The lowest BCUT2D eigenvalue weighted by Gasteiger charge is -2.34. The molecule has 0 spiro atoms. The van der Waals surface area contributed by atoms with Gasteiger partial charge in [0.05, 0.1) is 17.9 Å². The molecule has 7 nitrogen and oxygen atoms in total. The van der Waals surface area contributed by atoms with Crippen molar-refractivity contribution in [2.24, 2.45) is 0 Å². The Hall–Kier alpha value is -2.31. The predicted octanol–water partition coefficient (Wildman–Crippen LogP) is 1.82. The van der Waals surface area contributed by atoms with Gasteiger partial charge >= 0.3 is 6.09 Å². The van der Waals surface area contributed by atoms with Crippen molar-refractivity contribution >= 4 is 17.7 Å². The topological polar surface area (TPSA) is 74.8 Å². The Bertz CT molecular complexity index is 542. The van der Waals surface area contributed by atoms with E-state index in [4.69, 9.17) is 4.74 Å². The van der Waals surface area contributed by atoms with Gasteiger partial charge in [0, 0.05) is 45.1 Å². The zero-order valence-electron chi connectivity index (χ0n) is 13.7. The van der Waals surface area contributed by atoms with E-state index in [1.165, 1.54) is 0 Å². The lowest BCUT2D eigenvalue weighted by Crippen LogP contribution is -2.50. The van der Waals surface area contributed by atoms with Crippen molar-refractivity contribution in [2.75, 3.05) is 44.6 Å². The van der Waals surface area contributed by atoms with Crippen LogP contribution in [-0.4, -0.2) is 66.1 Å². The van der Waals surface area contributed by atoms with Gasteiger partial charge in [0.25, 0.3) is 5.91 Å². The number of hydrogen-bond acceptors (Lipinski definition) is 5. The maximum Gasteiger partial charge on any atom is 0.409 e. The van der Waals surface area contributed by atoms with Gasteiger partial charge < -0.3 is 19.9 Å². The summed E-state index contributed by atoms with van der Waals surface area (Å²) < 4.78 is 4.98. The molecule has 1 aromatic rings. The molecule has 0 unspecified atom stereocenters. The number of pyridine rings is 1. The standard InChI is InChI=1S/C16H24N4O3/c1-3-5-18-14-10-13(11-17-12-14)15(21)19-6-8-20(9-7-19)16(22)23-4-2/h10-12,18H,3-9H2,1-2H3. The molecule has 1 aromatic heterocycles. The van der Waals surface area contributed by atoms with Crippen molar-refractivity contribution in [1.29, 1.82) is 0 Å². The largest absolute Gasteiger partial charge is 0.450 e. The van der Waals surface area contributed by atoms with Crippen molar-refractivity contribution in [3.8, 4) is 0 Å². The van der Waals surface area contributed by atoms with Crippen molar-refractivity contribution in [3.63, 3.8) is 0 Å². The molecule has 0 aliphatic carbocycles. The quantitative estimate of drug-likeness (QED) is 0.895. The third-order valence-electron chi connectivity index (χ3n) is 3.66. The summed E-state index contributed by atoms with van der Waals surface area (Å²) in [5.74, 6) is -0.0545. The highest BCUT2D eigenvalue weighted by molar-refractivity contribution is 5.94. The van der Waals surface area contributed by atoms with Crippen LogP contribution in [0.4, 0.5) is 10.5 Å². The molecule has 7 heteroatoms. The number of hydrogen-bond donors (Lipinski definition) is 1. The van der Waals surface area contributed by atoms with Gasteiger partial charge in [-0.1, -0.05) is 6.92 Å². The zero-order valence-corrected chi connectivity index (χ0v) is 13.7.